The average molecular weight is 516 g/mol. The van der Waals surface area contributed by atoms with Crippen molar-refractivity contribution in [2.75, 3.05) is 27.4 Å². The molecule has 2 amide bonds. The molecule has 0 spiro atoms. The van der Waals surface area contributed by atoms with Gasteiger partial charge in [0, 0.05) is 61.8 Å². The second-order valence-electron chi connectivity index (χ2n) is 7.94. The Morgan fingerprint density at radius 2 is 1.78 bits per heavy atom. The van der Waals surface area contributed by atoms with Crippen LogP contribution in [0, 0.1) is 0 Å². The first kappa shape index (κ1) is 24.0. The average Bonchev–Trinajstić information content (AvgIpc) is 3.59. The van der Waals surface area contributed by atoms with Crippen LogP contribution in [0.1, 0.15) is 19.6 Å². The van der Waals surface area contributed by atoms with Gasteiger partial charge in [-0.1, -0.05) is 35.5 Å². The fourth-order valence-electron chi connectivity index (χ4n) is 3.44. The van der Waals surface area contributed by atoms with E-state index in [1.54, 1.807) is 12.3 Å². The third-order valence-electron chi connectivity index (χ3n) is 5.44. The molecule has 0 bridgehead atoms. The molecule has 3 N–H and O–H groups in total. The van der Waals surface area contributed by atoms with Gasteiger partial charge in [0.2, 0.25) is 0 Å². The summed E-state index contributed by atoms with van der Waals surface area (Å²) >= 11 is 1.50. The fourth-order valence-corrected chi connectivity index (χ4v) is 4.27. The number of amides is 2. The van der Waals surface area contributed by atoms with Crippen molar-refractivity contribution in [3.8, 4) is 10.4 Å². The number of hydrogen-bond acceptors (Lipinski definition) is 10. The van der Waals surface area contributed by atoms with Crippen LogP contribution in [0.25, 0.3) is 10.4 Å². The molecule has 0 atom stereocenters. The van der Waals surface area contributed by atoms with Crippen LogP contribution in [0.5, 0.6) is 0 Å². The monoisotopic (exact) mass is 515 g/mol. The maximum atomic E-state index is 12.2. The lowest BCUT2D eigenvalue weighted by Crippen LogP contribution is -2.19. The van der Waals surface area contributed by atoms with Gasteiger partial charge in [0.15, 0.2) is 10.9 Å². The summed E-state index contributed by atoms with van der Waals surface area (Å²) in [6.45, 7) is 4.95. The standard InChI is InChI=1S/C25H25N9O2S/c1-3-19-13-22(32-36-19)30-24(35)29-18-7-5-17(6-8-18)20-15-26-25(37-20)31-21-14-23(28-16-27-21)34-11-9-33(4-2)10-12-34/h5-16H,3-4H2,1-2H3,(H,26,27,28,31)(H2,29,30,32,35). The Balaban J connectivity index is 1.19. The summed E-state index contributed by atoms with van der Waals surface area (Å²) < 4.78 is 5.09. The van der Waals surface area contributed by atoms with Crippen molar-refractivity contribution in [2.45, 2.75) is 20.3 Å². The molecule has 11 nitrogen and oxygen atoms in total. The van der Waals surface area contributed by atoms with Crippen molar-refractivity contribution >= 4 is 45.6 Å². The molecule has 5 rings (SSSR count). The van der Waals surface area contributed by atoms with Gasteiger partial charge in [-0.3, -0.25) is 5.32 Å². The number of urea groups is 1. The van der Waals surface area contributed by atoms with Gasteiger partial charge in [-0.15, -0.1) is 0 Å². The van der Waals surface area contributed by atoms with E-state index >= 15 is 0 Å². The lowest BCUT2D eigenvalue weighted by atomic mass is 10.2. The first-order chi connectivity index (χ1) is 18.1. The molecule has 1 aliphatic rings. The van der Waals surface area contributed by atoms with E-state index in [-0.39, 0.29) is 0 Å². The third-order valence-corrected chi connectivity index (χ3v) is 6.40. The number of nitrogens with one attached hydrogen (secondary N) is 3. The topological polar surface area (TPSA) is 124 Å². The minimum absolute atomic E-state index is 0.374. The van der Waals surface area contributed by atoms with Crippen molar-refractivity contribution in [2.24, 2.45) is 0 Å². The molecule has 1 aliphatic heterocycles. The molecular weight excluding hydrogens is 490 g/mol. The van der Waals surface area contributed by atoms with Gasteiger partial charge in [0.1, 0.15) is 23.7 Å². The lowest BCUT2D eigenvalue weighted by molar-refractivity contribution is 0.262. The summed E-state index contributed by atoms with van der Waals surface area (Å²) in [6.07, 6.45) is 11.9. The SMILES string of the molecule is CCc1cc(NC(=O)Nc2ccc(-c3cnc(Nc4cc(N5C=CN(CC)C=C5)ncn4)s3)cc2)no1. The molecular formula is C25H25N9O2S. The molecule has 0 radical (unpaired) electrons. The Morgan fingerprint density at radius 3 is 2.51 bits per heavy atom. The van der Waals surface area contributed by atoms with Crippen LogP contribution in [0.2, 0.25) is 0 Å². The largest absolute Gasteiger partial charge is 0.359 e. The Morgan fingerprint density at radius 1 is 0.973 bits per heavy atom. The van der Waals surface area contributed by atoms with Crippen LogP contribution in [0.3, 0.4) is 0 Å². The summed E-state index contributed by atoms with van der Waals surface area (Å²) in [7, 11) is 0. The Hall–Kier alpha value is -4.71. The zero-order chi connectivity index (χ0) is 25.6. The van der Waals surface area contributed by atoms with E-state index in [2.05, 4.69) is 47.9 Å². The van der Waals surface area contributed by atoms with Crippen LogP contribution in [0.15, 0.2) is 78.2 Å². The van der Waals surface area contributed by atoms with Crippen LogP contribution >= 0.6 is 11.3 Å². The number of thiazole rings is 1. The molecule has 12 heteroatoms. The second kappa shape index (κ2) is 10.9. The van der Waals surface area contributed by atoms with Gasteiger partial charge in [0.25, 0.3) is 0 Å². The van der Waals surface area contributed by atoms with Crippen molar-refractivity contribution < 1.29 is 9.32 Å². The maximum Gasteiger partial charge on any atom is 0.324 e. The number of nitrogens with zero attached hydrogens (tertiary/aromatic N) is 6. The van der Waals surface area contributed by atoms with Crippen molar-refractivity contribution in [1.82, 2.24) is 25.0 Å². The van der Waals surface area contributed by atoms with E-state index in [1.165, 1.54) is 17.7 Å². The third kappa shape index (κ3) is 5.93. The molecule has 0 unspecified atom stereocenters. The van der Waals surface area contributed by atoms with Gasteiger partial charge in [0.05, 0.1) is 4.88 Å². The number of anilines is 5. The van der Waals surface area contributed by atoms with Crippen LogP contribution in [-0.2, 0) is 6.42 Å². The van der Waals surface area contributed by atoms with E-state index in [0.717, 1.165) is 22.8 Å². The van der Waals surface area contributed by atoms with E-state index in [9.17, 15) is 4.79 Å². The molecule has 4 aromatic rings. The van der Waals surface area contributed by atoms with Crippen molar-refractivity contribution in [1.29, 1.82) is 0 Å². The van der Waals surface area contributed by atoms with Gasteiger partial charge >= 0.3 is 6.03 Å². The maximum absolute atomic E-state index is 12.2. The fraction of sp³-hybridized carbons (Fsp3) is 0.160. The number of aromatic nitrogens is 4. The van der Waals surface area contributed by atoms with Crippen LogP contribution in [-0.4, -0.2) is 37.6 Å². The zero-order valence-corrected chi connectivity index (χ0v) is 21.1. The van der Waals surface area contributed by atoms with E-state index in [4.69, 9.17) is 4.52 Å². The highest BCUT2D eigenvalue weighted by atomic mass is 32.1. The summed E-state index contributed by atoms with van der Waals surface area (Å²) in [5, 5.41) is 13.2. The van der Waals surface area contributed by atoms with Crippen LogP contribution < -0.4 is 20.9 Å². The number of carbonyl (C=O) groups is 1. The molecule has 1 aromatic carbocycles. The predicted octanol–water partition coefficient (Wildman–Crippen LogP) is 5.62. The summed E-state index contributed by atoms with van der Waals surface area (Å²) in [4.78, 5) is 30.4. The predicted molar refractivity (Wildman–Crippen MR) is 145 cm³/mol. The highest BCUT2D eigenvalue weighted by molar-refractivity contribution is 7.18. The summed E-state index contributed by atoms with van der Waals surface area (Å²) in [5.74, 6) is 2.48. The summed E-state index contributed by atoms with van der Waals surface area (Å²) in [6, 6.07) is 10.7. The Labute approximate surface area is 217 Å². The highest BCUT2D eigenvalue weighted by Crippen LogP contribution is 2.31. The Bertz CT molecular complexity index is 1410. The molecule has 0 saturated carbocycles. The quantitative estimate of drug-likeness (QED) is 0.274. The second-order valence-corrected chi connectivity index (χ2v) is 8.97. The molecule has 37 heavy (non-hydrogen) atoms. The van der Waals surface area contributed by atoms with Crippen molar-refractivity contribution in [3.63, 3.8) is 0 Å². The van der Waals surface area contributed by atoms with E-state index in [1.807, 2.05) is 67.0 Å². The molecule has 0 saturated heterocycles. The van der Waals surface area contributed by atoms with Crippen LogP contribution in [0.4, 0.5) is 33.1 Å². The lowest BCUT2D eigenvalue weighted by Gasteiger charge is -2.23. The summed E-state index contributed by atoms with van der Waals surface area (Å²) in [5.41, 5.74) is 1.63. The minimum Gasteiger partial charge on any atom is -0.359 e. The van der Waals surface area contributed by atoms with Gasteiger partial charge < -0.3 is 25.0 Å². The van der Waals surface area contributed by atoms with Gasteiger partial charge in [-0.25, -0.2) is 19.7 Å². The minimum atomic E-state index is -0.393. The first-order valence-corrected chi connectivity index (χ1v) is 12.5. The smallest absolute Gasteiger partial charge is 0.324 e. The molecule has 4 heterocycles. The highest BCUT2D eigenvalue weighted by Gasteiger charge is 2.11. The number of carbonyl (C=O) groups excluding carboxylic acids is 1. The van der Waals surface area contributed by atoms with Gasteiger partial charge in [-0.05, 0) is 24.6 Å². The number of aryl methyl sites for hydroxylation is 1. The normalized spacial score (nSPS) is 12.6. The van der Waals surface area contributed by atoms with E-state index in [0.29, 0.717) is 34.6 Å². The molecule has 0 aliphatic carbocycles. The number of hydrogen-bond donors (Lipinski definition) is 3. The number of rotatable bonds is 8. The number of benzene rings is 1. The van der Waals surface area contributed by atoms with E-state index < -0.39 is 6.03 Å². The molecule has 3 aromatic heterocycles. The molecule has 0 fully saturated rings. The van der Waals surface area contributed by atoms with Crippen molar-refractivity contribution in [3.05, 3.63) is 79.5 Å². The Kier molecular flexibility index (Phi) is 7.08. The first-order valence-electron chi connectivity index (χ1n) is 11.7. The van der Waals surface area contributed by atoms with Gasteiger partial charge in [-0.2, -0.15) is 0 Å². The molecule has 188 valence electrons. The zero-order valence-electron chi connectivity index (χ0n) is 20.3.